The predicted molar refractivity (Wildman–Crippen MR) is 87.5 cm³/mol. The van der Waals surface area contributed by atoms with Crippen molar-refractivity contribution in [2.24, 2.45) is 0 Å². The van der Waals surface area contributed by atoms with E-state index in [9.17, 15) is 9.59 Å². The number of carbonyl (C=O) groups excluding carboxylic acids is 1. The van der Waals surface area contributed by atoms with Crippen molar-refractivity contribution in [2.45, 2.75) is 31.7 Å². The number of carbonyl (C=O) groups is 2. The van der Waals surface area contributed by atoms with Gasteiger partial charge in [0, 0.05) is 21.5 Å². The van der Waals surface area contributed by atoms with Crippen LogP contribution in [0.1, 0.15) is 25.7 Å². The Bertz CT molecular complexity index is 531. The Morgan fingerprint density at radius 1 is 1.29 bits per heavy atom. The van der Waals surface area contributed by atoms with E-state index in [1.165, 1.54) is 0 Å². The predicted octanol–water partition coefficient (Wildman–Crippen LogP) is 4.07. The molecule has 1 aromatic rings. The molecule has 1 saturated heterocycles. The van der Waals surface area contributed by atoms with Gasteiger partial charge in [-0.3, -0.25) is 4.79 Å². The lowest BCUT2D eigenvalue weighted by Crippen LogP contribution is -2.46. The van der Waals surface area contributed by atoms with Crippen LogP contribution in [0.25, 0.3) is 0 Å². The van der Waals surface area contributed by atoms with Crippen LogP contribution in [0, 0.1) is 0 Å². The van der Waals surface area contributed by atoms with E-state index in [1.54, 1.807) is 4.90 Å². The first-order valence-corrected chi connectivity index (χ1v) is 8.31. The Morgan fingerprint density at radius 2 is 1.95 bits per heavy atom. The summed E-state index contributed by atoms with van der Waals surface area (Å²) < 4.78 is 1.55. The lowest BCUT2D eigenvalue weighted by Gasteiger charge is -2.35. The Balaban J connectivity index is 2.12. The molecule has 0 radical (unpaired) electrons. The summed E-state index contributed by atoms with van der Waals surface area (Å²) in [5, 5.41) is 11.8. The second-order valence-corrected chi connectivity index (χ2v) is 6.68. The summed E-state index contributed by atoms with van der Waals surface area (Å²) in [5.74, 6) is -0.873. The minimum Gasteiger partial charge on any atom is -0.481 e. The molecule has 21 heavy (non-hydrogen) atoms. The van der Waals surface area contributed by atoms with Crippen LogP contribution in [0.2, 0.25) is 0 Å². The summed E-state index contributed by atoms with van der Waals surface area (Å²) in [6, 6.07) is 5.04. The Labute approximate surface area is 140 Å². The topological polar surface area (TPSA) is 69.6 Å². The molecule has 114 valence electrons. The number of aliphatic carboxylic acids is 1. The Morgan fingerprint density at radius 3 is 2.57 bits per heavy atom. The third-order valence-electron chi connectivity index (χ3n) is 3.49. The fraction of sp³-hybridized carbons (Fsp3) is 0.429. The second-order valence-electron chi connectivity index (χ2n) is 4.97. The molecule has 7 heteroatoms. The Kier molecular flexibility index (Phi) is 5.64. The number of carboxylic acids is 1. The number of para-hydroxylation sites is 1. The molecule has 2 N–H and O–H groups in total. The highest BCUT2D eigenvalue weighted by Crippen LogP contribution is 2.31. The van der Waals surface area contributed by atoms with Crippen LogP contribution < -0.4 is 5.32 Å². The van der Waals surface area contributed by atoms with Gasteiger partial charge in [0.15, 0.2) is 0 Å². The molecule has 1 aliphatic rings. The SMILES string of the molecule is O=C(O)CC1CCCCN1C(=O)Nc1c(Br)cccc1Br. The maximum Gasteiger partial charge on any atom is 0.322 e. The molecule has 1 unspecified atom stereocenters. The van der Waals surface area contributed by atoms with Crippen LogP contribution in [0.4, 0.5) is 10.5 Å². The van der Waals surface area contributed by atoms with Crippen LogP contribution in [0.5, 0.6) is 0 Å². The summed E-state index contributed by atoms with van der Waals surface area (Å²) >= 11 is 6.80. The van der Waals surface area contributed by atoms with E-state index in [0.29, 0.717) is 12.2 Å². The van der Waals surface area contributed by atoms with Crippen molar-refractivity contribution in [3.05, 3.63) is 27.1 Å². The summed E-state index contributed by atoms with van der Waals surface area (Å²) in [5.41, 5.74) is 0.655. The summed E-state index contributed by atoms with van der Waals surface area (Å²) in [6.07, 6.45) is 2.59. The van der Waals surface area contributed by atoms with Crippen LogP contribution in [-0.4, -0.2) is 34.6 Å². The van der Waals surface area contributed by atoms with Gasteiger partial charge in [-0.2, -0.15) is 0 Å². The van der Waals surface area contributed by atoms with Gasteiger partial charge in [-0.05, 0) is 63.3 Å². The highest BCUT2D eigenvalue weighted by Gasteiger charge is 2.29. The van der Waals surface area contributed by atoms with Crippen LogP contribution in [0.15, 0.2) is 27.1 Å². The number of amides is 2. The van der Waals surface area contributed by atoms with Crippen molar-refractivity contribution in [3.8, 4) is 0 Å². The number of hydrogen-bond donors (Lipinski definition) is 2. The van der Waals surface area contributed by atoms with Gasteiger partial charge < -0.3 is 15.3 Å². The minimum absolute atomic E-state index is 0.00938. The summed E-state index contributed by atoms with van der Waals surface area (Å²) in [6.45, 7) is 0.589. The number of nitrogens with zero attached hydrogens (tertiary/aromatic N) is 1. The molecule has 0 spiro atoms. The normalized spacial score (nSPS) is 18.4. The second kappa shape index (κ2) is 7.26. The lowest BCUT2D eigenvalue weighted by molar-refractivity contribution is -0.138. The number of urea groups is 1. The number of hydrogen-bond acceptors (Lipinski definition) is 2. The van der Waals surface area contributed by atoms with Crippen molar-refractivity contribution >= 4 is 49.5 Å². The van der Waals surface area contributed by atoms with Crippen molar-refractivity contribution in [2.75, 3.05) is 11.9 Å². The number of piperidine rings is 1. The van der Waals surface area contributed by atoms with Gasteiger partial charge in [-0.15, -0.1) is 0 Å². The third kappa shape index (κ3) is 4.20. The number of nitrogens with one attached hydrogen (secondary N) is 1. The molecule has 1 aliphatic heterocycles. The average Bonchev–Trinajstić information content (AvgIpc) is 2.43. The smallest absolute Gasteiger partial charge is 0.322 e. The quantitative estimate of drug-likeness (QED) is 0.775. The molecule has 1 fully saturated rings. The maximum atomic E-state index is 12.4. The zero-order valence-corrected chi connectivity index (χ0v) is 14.5. The maximum absolute atomic E-state index is 12.4. The molecular weight excluding hydrogens is 404 g/mol. The van der Waals surface area contributed by atoms with Gasteiger partial charge in [-0.25, -0.2) is 4.79 Å². The summed E-state index contributed by atoms with van der Waals surface area (Å²) in [7, 11) is 0. The molecule has 5 nitrogen and oxygen atoms in total. The first-order chi connectivity index (χ1) is 9.99. The van der Waals surface area contributed by atoms with E-state index < -0.39 is 5.97 Å². The summed E-state index contributed by atoms with van der Waals surface area (Å²) in [4.78, 5) is 25.0. The molecular formula is C14H16Br2N2O3. The van der Waals surface area contributed by atoms with Gasteiger partial charge in [0.2, 0.25) is 0 Å². The number of rotatable bonds is 3. The molecule has 0 aliphatic carbocycles. The molecule has 2 amide bonds. The first-order valence-electron chi connectivity index (χ1n) is 6.72. The minimum atomic E-state index is -0.873. The zero-order valence-electron chi connectivity index (χ0n) is 11.3. The number of halogens is 2. The molecule has 0 aromatic heterocycles. The standard InChI is InChI=1S/C14H16Br2N2O3/c15-10-5-3-6-11(16)13(10)17-14(21)18-7-2-1-4-9(18)8-12(19)20/h3,5-6,9H,1-2,4,7-8H2,(H,17,21)(H,19,20). The molecule has 1 atom stereocenters. The number of benzene rings is 1. The molecule has 1 heterocycles. The van der Waals surface area contributed by atoms with Crippen molar-refractivity contribution < 1.29 is 14.7 Å². The van der Waals surface area contributed by atoms with E-state index in [2.05, 4.69) is 37.2 Å². The number of anilines is 1. The van der Waals surface area contributed by atoms with E-state index in [-0.39, 0.29) is 18.5 Å². The van der Waals surface area contributed by atoms with E-state index in [0.717, 1.165) is 28.2 Å². The van der Waals surface area contributed by atoms with E-state index >= 15 is 0 Å². The Hall–Kier alpha value is -1.08. The van der Waals surface area contributed by atoms with Crippen molar-refractivity contribution in [3.63, 3.8) is 0 Å². The monoisotopic (exact) mass is 418 g/mol. The molecule has 2 rings (SSSR count). The highest BCUT2D eigenvalue weighted by molar-refractivity contribution is 9.11. The first kappa shape index (κ1) is 16.3. The van der Waals surface area contributed by atoms with Gasteiger partial charge in [0.1, 0.15) is 0 Å². The van der Waals surface area contributed by atoms with E-state index in [1.807, 2.05) is 18.2 Å². The fourth-order valence-electron chi connectivity index (χ4n) is 2.48. The van der Waals surface area contributed by atoms with Gasteiger partial charge in [0.05, 0.1) is 12.1 Å². The highest BCUT2D eigenvalue weighted by atomic mass is 79.9. The molecule has 0 saturated carbocycles. The lowest BCUT2D eigenvalue weighted by atomic mass is 10.00. The van der Waals surface area contributed by atoms with Gasteiger partial charge in [-0.1, -0.05) is 6.07 Å². The fourth-order valence-corrected chi connectivity index (χ4v) is 3.67. The third-order valence-corrected chi connectivity index (χ3v) is 4.81. The average molecular weight is 420 g/mol. The van der Waals surface area contributed by atoms with Crippen LogP contribution >= 0.6 is 31.9 Å². The van der Waals surface area contributed by atoms with E-state index in [4.69, 9.17) is 5.11 Å². The molecule has 0 bridgehead atoms. The van der Waals surface area contributed by atoms with Gasteiger partial charge >= 0.3 is 12.0 Å². The molecule has 1 aromatic carbocycles. The zero-order chi connectivity index (χ0) is 15.4. The van der Waals surface area contributed by atoms with Crippen molar-refractivity contribution in [1.29, 1.82) is 0 Å². The van der Waals surface area contributed by atoms with Gasteiger partial charge in [0.25, 0.3) is 0 Å². The number of likely N-dealkylation sites (tertiary alicyclic amines) is 1. The van der Waals surface area contributed by atoms with Crippen molar-refractivity contribution in [1.82, 2.24) is 4.90 Å². The van der Waals surface area contributed by atoms with Crippen LogP contribution in [-0.2, 0) is 4.79 Å². The van der Waals surface area contributed by atoms with Crippen LogP contribution in [0.3, 0.4) is 0 Å². The largest absolute Gasteiger partial charge is 0.481 e. The number of carboxylic acid groups (broad SMARTS) is 1.